The smallest absolute Gasteiger partial charge is 0.220 e. The number of nitrogens with zero attached hydrogens (tertiary/aromatic N) is 1. The van der Waals surface area contributed by atoms with Gasteiger partial charge in [0.25, 0.3) is 0 Å². The average Bonchev–Trinajstić information content (AvgIpc) is 2.94. The van der Waals surface area contributed by atoms with E-state index in [1.807, 2.05) is 12.1 Å². The van der Waals surface area contributed by atoms with Gasteiger partial charge in [-0.25, -0.2) is 0 Å². The summed E-state index contributed by atoms with van der Waals surface area (Å²) in [4.78, 5) is 11.5. The highest BCUT2D eigenvalue weighted by Gasteiger charge is 2.45. The zero-order chi connectivity index (χ0) is 12.8. The van der Waals surface area contributed by atoms with Crippen molar-refractivity contribution in [2.45, 2.75) is 24.7 Å². The van der Waals surface area contributed by atoms with Gasteiger partial charge in [-0.3, -0.25) is 4.79 Å². The Morgan fingerprint density at radius 1 is 1.50 bits per heavy atom. The lowest BCUT2D eigenvalue weighted by Gasteiger charge is -2.22. The van der Waals surface area contributed by atoms with Crippen LogP contribution in [0.25, 0.3) is 0 Å². The first-order valence-corrected chi connectivity index (χ1v) is 6.03. The highest BCUT2D eigenvalue weighted by atomic mass is 16.4. The molecule has 5 heteroatoms. The third-order valence-corrected chi connectivity index (χ3v) is 4.11. The summed E-state index contributed by atoms with van der Waals surface area (Å²) in [6, 6.07) is 5.82. The maximum absolute atomic E-state index is 11.5. The first-order chi connectivity index (χ1) is 8.66. The number of oxime groups is 1. The maximum Gasteiger partial charge on any atom is 0.220 e. The van der Waals surface area contributed by atoms with Gasteiger partial charge in [0.1, 0.15) is 0 Å². The molecule has 0 bridgehead atoms. The van der Waals surface area contributed by atoms with E-state index < -0.39 is 0 Å². The number of nitrogens with two attached hydrogens (primary N) is 1. The third-order valence-electron chi connectivity index (χ3n) is 4.11. The number of hydrogen-bond acceptors (Lipinski definition) is 3. The van der Waals surface area contributed by atoms with Crippen molar-refractivity contribution in [3.63, 3.8) is 0 Å². The van der Waals surface area contributed by atoms with Crippen molar-refractivity contribution in [3.8, 4) is 0 Å². The number of carbonyl (C=O) groups is 1. The van der Waals surface area contributed by atoms with Crippen LogP contribution >= 0.6 is 0 Å². The van der Waals surface area contributed by atoms with Gasteiger partial charge in [0, 0.05) is 23.9 Å². The minimum Gasteiger partial charge on any atom is -0.409 e. The molecule has 1 heterocycles. The number of benzene rings is 1. The van der Waals surface area contributed by atoms with Gasteiger partial charge >= 0.3 is 0 Å². The fourth-order valence-corrected chi connectivity index (χ4v) is 3.21. The summed E-state index contributed by atoms with van der Waals surface area (Å²) in [6.07, 6.45) is 2.35. The predicted octanol–water partition coefficient (Wildman–Crippen LogP) is 0.485. The Kier molecular flexibility index (Phi) is 2.29. The summed E-state index contributed by atoms with van der Waals surface area (Å²) >= 11 is 0. The zero-order valence-corrected chi connectivity index (χ0v) is 9.94. The molecule has 94 valence electrons. The molecule has 1 aromatic rings. The van der Waals surface area contributed by atoms with Gasteiger partial charge in [-0.1, -0.05) is 23.4 Å². The second-order valence-electron chi connectivity index (χ2n) is 5.05. The van der Waals surface area contributed by atoms with Crippen molar-refractivity contribution in [3.05, 3.63) is 34.9 Å². The van der Waals surface area contributed by atoms with Gasteiger partial charge in [0.2, 0.25) is 5.91 Å². The van der Waals surface area contributed by atoms with Crippen molar-refractivity contribution in [2.24, 2.45) is 10.9 Å². The van der Waals surface area contributed by atoms with Crippen LogP contribution in [-0.4, -0.2) is 23.5 Å². The van der Waals surface area contributed by atoms with E-state index in [4.69, 9.17) is 10.9 Å². The Labute approximate surface area is 105 Å². The van der Waals surface area contributed by atoms with Crippen LogP contribution in [0.2, 0.25) is 0 Å². The number of amidine groups is 1. The number of carbonyl (C=O) groups excluding carboxylic acids is 1. The van der Waals surface area contributed by atoms with Crippen LogP contribution in [0, 0.1) is 0 Å². The van der Waals surface area contributed by atoms with Crippen molar-refractivity contribution in [1.29, 1.82) is 0 Å². The highest BCUT2D eigenvalue weighted by molar-refractivity contribution is 5.99. The van der Waals surface area contributed by atoms with Crippen molar-refractivity contribution in [2.75, 3.05) is 6.54 Å². The molecule has 1 spiro atoms. The minimum atomic E-state index is -0.0852. The number of rotatable bonds is 1. The van der Waals surface area contributed by atoms with Gasteiger partial charge in [-0.05, 0) is 24.0 Å². The van der Waals surface area contributed by atoms with Gasteiger partial charge in [0.05, 0.1) is 0 Å². The SMILES string of the molecule is NC(=NO)c1cccc2c1CCC21CNC(=O)C1. The Morgan fingerprint density at radius 3 is 3.00 bits per heavy atom. The molecule has 1 fully saturated rings. The van der Waals surface area contributed by atoms with Crippen LogP contribution in [0.4, 0.5) is 0 Å². The molecule has 4 N–H and O–H groups in total. The summed E-state index contributed by atoms with van der Waals surface area (Å²) in [7, 11) is 0. The fourth-order valence-electron chi connectivity index (χ4n) is 3.21. The minimum absolute atomic E-state index is 0.0852. The molecular formula is C13H15N3O2. The van der Waals surface area contributed by atoms with Crippen LogP contribution in [-0.2, 0) is 16.6 Å². The average molecular weight is 245 g/mol. The van der Waals surface area contributed by atoms with Crippen LogP contribution < -0.4 is 11.1 Å². The fraction of sp³-hybridized carbons (Fsp3) is 0.385. The molecule has 0 saturated carbocycles. The number of fused-ring (bicyclic) bond motifs is 2. The standard InChI is InChI=1S/C13H15N3O2/c14-12(16-18)9-2-1-3-10-8(9)4-5-13(10)6-11(17)15-7-13/h1-3,18H,4-7H2,(H2,14,16)(H,15,17). The van der Waals surface area contributed by atoms with Gasteiger partial charge in [-0.2, -0.15) is 0 Å². The Hall–Kier alpha value is -2.04. The molecule has 1 amide bonds. The molecule has 1 aliphatic carbocycles. The van der Waals surface area contributed by atoms with E-state index in [1.54, 1.807) is 0 Å². The quantitative estimate of drug-likeness (QED) is 0.291. The van der Waals surface area contributed by atoms with E-state index in [9.17, 15) is 4.79 Å². The summed E-state index contributed by atoms with van der Waals surface area (Å²) in [5.74, 6) is 0.248. The van der Waals surface area contributed by atoms with Crippen LogP contribution in [0.3, 0.4) is 0 Å². The summed E-state index contributed by atoms with van der Waals surface area (Å²) < 4.78 is 0. The number of nitrogens with one attached hydrogen (secondary N) is 1. The molecule has 0 radical (unpaired) electrons. The normalized spacial score (nSPS) is 26.4. The van der Waals surface area contributed by atoms with Crippen molar-refractivity contribution < 1.29 is 10.0 Å². The van der Waals surface area contributed by atoms with Crippen molar-refractivity contribution >= 4 is 11.7 Å². The molecule has 2 aliphatic rings. The molecule has 1 atom stereocenters. The van der Waals surface area contributed by atoms with Crippen LogP contribution in [0.1, 0.15) is 29.5 Å². The van der Waals surface area contributed by atoms with Crippen molar-refractivity contribution in [1.82, 2.24) is 5.32 Å². The first kappa shape index (κ1) is 11.1. The van der Waals surface area contributed by atoms with E-state index in [-0.39, 0.29) is 17.2 Å². The lowest BCUT2D eigenvalue weighted by atomic mass is 9.81. The molecule has 0 aromatic heterocycles. The van der Waals surface area contributed by atoms with Crippen LogP contribution in [0.5, 0.6) is 0 Å². The second-order valence-corrected chi connectivity index (χ2v) is 5.05. The molecule has 3 rings (SSSR count). The maximum atomic E-state index is 11.5. The number of amides is 1. The van der Waals surface area contributed by atoms with Crippen LogP contribution in [0.15, 0.2) is 23.4 Å². The molecule has 1 unspecified atom stereocenters. The Bertz CT molecular complexity index is 553. The molecule has 5 nitrogen and oxygen atoms in total. The van der Waals surface area contributed by atoms with Gasteiger partial charge in [-0.15, -0.1) is 0 Å². The summed E-state index contributed by atoms with van der Waals surface area (Å²) in [5, 5.41) is 14.8. The Morgan fingerprint density at radius 2 is 2.33 bits per heavy atom. The first-order valence-electron chi connectivity index (χ1n) is 6.03. The monoisotopic (exact) mass is 245 g/mol. The van der Waals surface area contributed by atoms with Gasteiger partial charge < -0.3 is 16.3 Å². The molecular weight excluding hydrogens is 230 g/mol. The van der Waals surface area contributed by atoms with E-state index in [1.165, 1.54) is 5.56 Å². The molecule has 18 heavy (non-hydrogen) atoms. The Balaban J connectivity index is 2.11. The zero-order valence-electron chi connectivity index (χ0n) is 9.94. The van der Waals surface area contributed by atoms with E-state index in [2.05, 4.69) is 16.5 Å². The molecule has 1 aliphatic heterocycles. The number of hydrogen-bond donors (Lipinski definition) is 3. The van der Waals surface area contributed by atoms with E-state index >= 15 is 0 Å². The lowest BCUT2D eigenvalue weighted by Crippen LogP contribution is -2.26. The lowest BCUT2D eigenvalue weighted by molar-refractivity contribution is -0.119. The largest absolute Gasteiger partial charge is 0.409 e. The predicted molar refractivity (Wildman–Crippen MR) is 66.6 cm³/mol. The third kappa shape index (κ3) is 1.40. The summed E-state index contributed by atoms with van der Waals surface area (Å²) in [6.45, 7) is 0.693. The topological polar surface area (TPSA) is 87.7 Å². The van der Waals surface area contributed by atoms with E-state index in [0.29, 0.717) is 13.0 Å². The highest BCUT2D eigenvalue weighted by Crippen LogP contribution is 2.44. The van der Waals surface area contributed by atoms with E-state index in [0.717, 1.165) is 24.0 Å². The van der Waals surface area contributed by atoms with Gasteiger partial charge in [0.15, 0.2) is 5.84 Å². The second kappa shape index (κ2) is 3.73. The molecule has 1 aromatic carbocycles. The summed E-state index contributed by atoms with van der Waals surface area (Å²) in [5.41, 5.74) is 8.68. The molecule has 1 saturated heterocycles.